The number of aromatic nitrogens is 4. The smallest absolute Gasteiger partial charge is 0.225 e. The van der Waals surface area contributed by atoms with Crippen LogP contribution >= 0.6 is 11.3 Å². The number of fused-ring (bicyclic) bond motifs is 2. The van der Waals surface area contributed by atoms with Crippen LogP contribution in [0.1, 0.15) is 60.4 Å². The number of hydrogen-bond acceptors (Lipinski definition) is 9. The predicted octanol–water partition coefficient (Wildman–Crippen LogP) is 6.02. The summed E-state index contributed by atoms with van der Waals surface area (Å²) in [7, 11) is 0. The van der Waals surface area contributed by atoms with E-state index >= 15 is 0 Å². The molecule has 5 heterocycles. The summed E-state index contributed by atoms with van der Waals surface area (Å²) in [4.78, 5) is 28.6. The Morgan fingerprint density at radius 3 is 2.67 bits per heavy atom. The summed E-state index contributed by atoms with van der Waals surface area (Å²) >= 11 is 1.36. The zero-order chi connectivity index (χ0) is 32.4. The van der Waals surface area contributed by atoms with Crippen LogP contribution in [-0.2, 0) is 30.2 Å². The Bertz CT molecular complexity index is 1920. The number of anilines is 2. The molecule has 1 saturated heterocycles. The molecule has 0 spiro atoms. The minimum Gasteiger partial charge on any atom is -0.384 e. The van der Waals surface area contributed by atoms with Crippen molar-refractivity contribution in [3.8, 4) is 6.07 Å². The predicted molar refractivity (Wildman–Crippen MR) is 178 cm³/mol. The first-order valence-corrected chi connectivity index (χ1v) is 16.3. The van der Waals surface area contributed by atoms with E-state index in [1.807, 2.05) is 22.8 Å². The van der Waals surface area contributed by atoms with Crippen LogP contribution in [-0.4, -0.2) is 54.6 Å². The minimum absolute atomic E-state index is 0.130. The molecular formula is C34H37FN8O2S. The number of nitrogens with one attached hydrogen (secondary N) is 2. The Hall–Kier alpha value is -4.44. The van der Waals surface area contributed by atoms with Gasteiger partial charge in [0.2, 0.25) is 5.91 Å². The molecule has 3 N–H and O–H groups in total. The summed E-state index contributed by atoms with van der Waals surface area (Å²) in [5, 5.41) is 29.7. The van der Waals surface area contributed by atoms with E-state index in [-0.39, 0.29) is 18.5 Å². The zero-order valence-corrected chi connectivity index (χ0v) is 27.0. The third-order valence-corrected chi connectivity index (χ3v) is 9.86. The fourth-order valence-electron chi connectivity index (χ4n) is 6.13. The first-order valence-electron chi connectivity index (χ1n) is 15.5. The first kappa shape index (κ1) is 31.5. The van der Waals surface area contributed by atoms with E-state index in [0.717, 1.165) is 65.0 Å². The number of carbonyl (C=O) groups is 1. The van der Waals surface area contributed by atoms with E-state index in [1.54, 1.807) is 32.2 Å². The minimum atomic E-state index is -1.31. The molecule has 0 saturated carbocycles. The summed E-state index contributed by atoms with van der Waals surface area (Å²) in [6, 6.07) is 13.9. The van der Waals surface area contributed by atoms with Gasteiger partial charge in [-0.05, 0) is 62.1 Å². The van der Waals surface area contributed by atoms with Gasteiger partial charge in [-0.25, -0.2) is 19.3 Å². The van der Waals surface area contributed by atoms with Gasteiger partial charge in [0.1, 0.15) is 46.8 Å². The number of pyridine rings is 1. The van der Waals surface area contributed by atoms with E-state index in [4.69, 9.17) is 0 Å². The molecule has 1 aromatic carbocycles. The molecule has 0 radical (unpaired) electrons. The molecule has 1 atom stereocenters. The number of amides is 1. The lowest BCUT2D eigenvalue weighted by Gasteiger charge is -2.33. The molecule has 238 valence electrons. The molecule has 1 unspecified atom stereocenters. The van der Waals surface area contributed by atoms with Crippen molar-refractivity contribution in [1.82, 2.24) is 24.4 Å². The molecule has 0 bridgehead atoms. The maximum absolute atomic E-state index is 13.2. The zero-order valence-electron chi connectivity index (χ0n) is 26.2. The normalized spacial score (nSPS) is 15.6. The van der Waals surface area contributed by atoms with Gasteiger partial charge in [-0.1, -0.05) is 19.1 Å². The van der Waals surface area contributed by atoms with Gasteiger partial charge in [-0.3, -0.25) is 9.69 Å². The second-order valence-electron chi connectivity index (χ2n) is 12.1. The van der Waals surface area contributed by atoms with Crippen LogP contribution < -0.4 is 10.6 Å². The average Bonchev–Trinajstić information content (AvgIpc) is 3.65. The molecule has 4 aromatic heterocycles. The van der Waals surface area contributed by atoms with Gasteiger partial charge >= 0.3 is 0 Å². The number of halogens is 1. The van der Waals surface area contributed by atoms with E-state index < -0.39 is 12.3 Å². The quantitative estimate of drug-likeness (QED) is 0.169. The van der Waals surface area contributed by atoms with Crippen molar-refractivity contribution in [3.63, 3.8) is 0 Å². The standard InChI is InChI=1S/C34H37FN8O2S/c1-4-31(44)41-30-8-6-23(17-37-30)34(3,45)19-43-25(16-36)13-27-21(2)22(5-7-29(27)43)18-42-11-9-24(10-12-42)40-32-28-14-26(15-35)46-33(28)39-20-38-32/h5-8,13-14,17,20,24,45H,4,9-12,15,18-19H2,1-3H3,(H,37,41,44)(H,38,39,40). The first-order chi connectivity index (χ1) is 22.2. The Balaban J connectivity index is 1.13. The number of aryl methyl sites for hydroxylation is 1. The molecule has 1 aliphatic rings. The van der Waals surface area contributed by atoms with Crippen molar-refractivity contribution in [3.05, 3.63) is 76.2 Å². The number of benzene rings is 1. The monoisotopic (exact) mass is 640 g/mol. The number of rotatable bonds is 10. The van der Waals surface area contributed by atoms with Crippen LogP contribution in [0.4, 0.5) is 16.0 Å². The second kappa shape index (κ2) is 13.1. The maximum atomic E-state index is 13.2. The number of piperidine rings is 1. The molecule has 12 heteroatoms. The summed E-state index contributed by atoms with van der Waals surface area (Å²) in [6.45, 7) is 7.88. The highest BCUT2D eigenvalue weighted by atomic mass is 32.1. The fraction of sp³-hybridized carbons (Fsp3) is 0.382. The maximum Gasteiger partial charge on any atom is 0.225 e. The number of hydrogen-bond donors (Lipinski definition) is 3. The Morgan fingerprint density at radius 2 is 1.98 bits per heavy atom. The summed E-state index contributed by atoms with van der Waals surface area (Å²) < 4.78 is 15.1. The number of nitrogens with zero attached hydrogens (tertiary/aromatic N) is 6. The number of thiophene rings is 1. The van der Waals surface area contributed by atoms with Gasteiger partial charge in [0.15, 0.2) is 0 Å². The van der Waals surface area contributed by atoms with Gasteiger partial charge in [0, 0.05) is 59.6 Å². The van der Waals surface area contributed by atoms with Crippen molar-refractivity contribution < 1.29 is 14.3 Å². The third kappa shape index (κ3) is 6.44. The average molecular weight is 641 g/mol. The highest BCUT2D eigenvalue weighted by Gasteiger charge is 2.27. The summed E-state index contributed by atoms with van der Waals surface area (Å²) in [5.41, 5.74) is 2.97. The van der Waals surface area contributed by atoms with Gasteiger partial charge in [-0.2, -0.15) is 5.26 Å². The SMILES string of the molecule is CCC(=O)Nc1ccc(C(C)(O)Cn2c(C#N)cc3c(C)c(CN4CCC(Nc5ncnc6sc(CF)cc56)CC4)ccc32)cn1. The van der Waals surface area contributed by atoms with Crippen LogP contribution in [0, 0.1) is 18.3 Å². The number of nitriles is 1. The molecule has 0 aliphatic carbocycles. The van der Waals surface area contributed by atoms with Crippen LogP contribution in [0.2, 0.25) is 0 Å². The number of carbonyl (C=O) groups excluding carboxylic acids is 1. The van der Waals surface area contributed by atoms with E-state index in [1.165, 1.54) is 23.2 Å². The molecule has 1 fully saturated rings. The second-order valence-corrected chi connectivity index (χ2v) is 13.2. The lowest BCUT2D eigenvalue weighted by atomic mass is 9.97. The molecule has 1 amide bonds. The van der Waals surface area contributed by atoms with Gasteiger partial charge in [0.05, 0.1) is 11.9 Å². The van der Waals surface area contributed by atoms with Crippen molar-refractivity contribution in [2.75, 3.05) is 23.7 Å². The van der Waals surface area contributed by atoms with Crippen molar-refractivity contribution in [1.29, 1.82) is 5.26 Å². The van der Waals surface area contributed by atoms with Crippen LogP contribution in [0.25, 0.3) is 21.1 Å². The Morgan fingerprint density at radius 1 is 1.17 bits per heavy atom. The molecule has 10 nitrogen and oxygen atoms in total. The highest BCUT2D eigenvalue weighted by molar-refractivity contribution is 7.18. The van der Waals surface area contributed by atoms with Gasteiger partial charge in [0.25, 0.3) is 0 Å². The van der Waals surface area contributed by atoms with Gasteiger partial charge < -0.3 is 20.3 Å². The topological polar surface area (TPSA) is 132 Å². The van der Waals surface area contributed by atoms with E-state index in [2.05, 4.69) is 49.5 Å². The summed E-state index contributed by atoms with van der Waals surface area (Å²) in [6.07, 6.45) is 5.36. The number of likely N-dealkylation sites (tertiary alicyclic amines) is 1. The van der Waals surface area contributed by atoms with Crippen molar-refractivity contribution in [2.45, 2.75) is 71.4 Å². The number of alkyl halides is 1. The van der Waals surface area contributed by atoms with E-state index in [9.17, 15) is 19.6 Å². The van der Waals surface area contributed by atoms with Crippen LogP contribution in [0.15, 0.2) is 48.9 Å². The molecule has 5 aromatic rings. The summed E-state index contributed by atoms with van der Waals surface area (Å²) in [5.74, 6) is 1.07. The van der Waals surface area contributed by atoms with Crippen molar-refractivity contribution >= 4 is 50.0 Å². The van der Waals surface area contributed by atoms with E-state index in [0.29, 0.717) is 28.4 Å². The molecular weight excluding hydrogens is 603 g/mol. The molecule has 6 rings (SSSR count). The highest BCUT2D eigenvalue weighted by Crippen LogP contribution is 2.32. The number of aliphatic hydroxyl groups is 1. The largest absolute Gasteiger partial charge is 0.384 e. The van der Waals surface area contributed by atoms with Crippen LogP contribution in [0.5, 0.6) is 0 Å². The third-order valence-electron chi connectivity index (χ3n) is 8.86. The lowest BCUT2D eigenvalue weighted by Crippen LogP contribution is -2.39. The molecule has 1 aliphatic heterocycles. The molecule has 46 heavy (non-hydrogen) atoms. The Kier molecular flexibility index (Phi) is 8.99. The fourth-order valence-corrected chi connectivity index (χ4v) is 6.97. The Labute approximate surface area is 270 Å². The van der Waals surface area contributed by atoms with Crippen LogP contribution in [0.3, 0.4) is 0 Å². The lowest BCUT2D eigenvalue weighted by molar-refractivity contribution is -0.115. The van der Waals surface area contributed by atoms with Crippen molar-refractivity contribution in [2.24, 2.45) is 0 Å². The van der Waals surface area contributed by atoms with Gasteiger partial charge in [-0.15, -0.1) is 11.3 Å².